The van der Waals surface area contributed by atoms with Crippen LogP contribution in [0.3, 0.4) is 0 Å². The normalized spacial score (nSPS) is 12.5. The van der Waals surface area contributed by atoms with Crippen molar-refractivity contribution in [2.45, 2.75) is 19.4 Å². The topological polar surface area (TPSA) is 30.5 Å². The first-order chi connectivity index (χ1) is 8.20. The fraction of sp³-hybridized carbons (Fsp3) is 0.538. The van der Waals surface area contributed by atoms with Crippen LogP contribution in [0.5, 0.6) is 5.75 Å². The molecule has 0 radical (unpaired) electrons. The van der Waals surface area contributed by atoms with Crippen LogP contribution in [-0.2, 0) is 4.74 Å². The number of rotatable bonds is 7. The van der Waals surface area contributed by atoms with Crippen molar-refractivity contribution in [2.75, 3.05) is 27.4 Å². The molecule has 0 saturated heterocycles. The van der Waals surface area contributed by atoms with Crippen LogP contribution in [0.1, 0.15) is 24.9 Å². The Hall–Kier alpha value is -1.13. The van der Waals surface area contributed by atoms with Crippen molar-refractivity contribution in [3.05, 3.63) is 29.6 Å². The van der Waals surface area contributed by atoms with E-state index in [4.69, 9.17) is 9.47 Å². The maximum atomic E-state index is 13.7. The molecular formula is C13H20FNO2. The second-order valence-electron chi connectivity index (χ2n) is 3.86. The van der Waals surface area contributed by atoms with E-state index < -0.39 is 0 Å². The molecule has 1 N–H and O–H groups in total. The van der Waals surface area contributed by atoms with Gasteiger partial charge in [0.2, 0.25) is 0 Å². The summed E-state index contributed by atoms with van der Waals surface area (Å²) in [5.41, 5.74) is 0.838. The van der Waals surface area contributed by atoms with Gasteiger partial charge >= 0.3 is 0 Å². The summed E-state index contributed by atoms with van der Waals surface area (Å²) in [5.74, 6) is 0.0208. The van der Waals surface area contributed by atoms with Gasteiger partial charge < -0.3 is 14.8 Å². The molecule has 96 valence electrons. The number of hydrogen-bond acceptors (Lipinski definition) is 3. The number of nitrogens with one attached hydrogen (secondary N) is 1. The lowest BCUT2D eigenvalue weighted by Crippen LogP contribution is -2.15. The van der Waals surface area contributed by atoms with E-state index in [0.29, 0.717) is 19.0 Å². The van der Waals surface area contributed by atoms with Crippen LogP contribution in [0.15, 0.2) is 18.2 Å². The Kier molecular flexibility index (Phi) is 5.94. The van der Waals surface area contributed by atoms with Gasteiger partial charge in [-0.25, -0.2) is 4.39 Å². The van der Waals surface area contributed by atoms with Crippen molar-refractivity contribution in [3.63, 3.8) is 0 Å². The molecule has 0 saturated carbocycles. The van der Waals surface area contributed by atoms with Gasteiger partial charge in [0, 0.05) is 31.7 Å². The highest BCUT2D eigenvalue weighted by molar-refractivity contribution is 5.37. The van der Waals surface area contributed by atoms with Crippen LogP contribution >= 0.6 is 0 Å². The Labute approximate surface area is 102 Å². The summed E-state index contributed by atoms with van der Waals surface area (Å²) < 4.78 is 24.1. The van der Waals surface area contributed by atoms with Crippen LogP contribution in [0.25, 0.3) is 0 Å². The highest BCUT2D eigenvalue weighted by Gasteiger charge is 2.14. The van der Waals surface area contributed by atoms with E-state index in [9.17, 15) is 4.39 Å². The Bertz CT molecular complexity index is 344. The number of para-hydroxylation sites is 1. The molecule has 1 rings (SSSR count). The number of ether oxygens (including phenoxy) is 2. The molecule has 0 spiro atoms. The number of halogens is 1. The van der Waals surface area contributed by atoms with E-state index in [1.54, 1.807) is 13.2 Å². The second-order valence-corrected chi connectivity index (χ2v) is 3.86. The maximum absolute atomic E-state index is 13.7. The van der Waals surface area contributed by atoms with Crippen molar-refractivity contribution < 1.29 is 13.9 Å². The van der Waals surface area contributed by atoms with Crippen LogP contribution in [0.4, 0.5) is 4.39 Å². The second kappa shape index (κ2) is 7.25. The summed E-state index contributed by atoms with van der Waals surface area (Å²) in [7, 11) is 3.47. The van der Waals surface area contributed by atoms with E-state index in [1.165, 1.54) is 6.07 Å². The van der Waals surface area contributed by atoms with Crippen LogP contribution in [0, 0.1) is 5.82 Å². The van der Waals surface area contributed by atoms with E-state index >= 15 is 0 Å². The van der Waals surface area contributed by atoms with Crippen molar-refractivity contribution >= 4 is 0 Å². The first-order valence-corrected chi connectivity index (χ1v) is 5.78. The van der Waals surface area contributed by atoms with Gasteiger partial charge in [-0.1, -0.05) is 12.1 Å². The van der Waals surface area contributed by atoms with Crippen LogP contribution in [-0.4, -0.2) is 27.4 Å². The fourth-order valence-corrected chi connectivity index (χ4v) is 1.55. The molecule has 0 heterocycles. The lowest BCUT2D eigenvalue weighted by Gasteiger charge is -2.17. The standard InChI is InChI=1S/C13H20FNO2/c1-10(15-2)11-6-4-7-12(14)13(11)17-9-5-8-16-3/h4,6-7,10,15H,5,8-9H2,1-3H3. The molecule has 1 atom stereocenters. The van der Waals surface area contributed by atoms with Crippen molar-refractivity contribution in [3.8, 4) is 5.75 Å². The summed E-state index contributed by atoms with van der Waals surface area (Å²) >= 11 is 0. The highest BCUT2D eigenvalue weighted by Crippen LogP contribution is 2.27. The Morgan fingerprint density at radius 1 is 1.35 bits per heavy atom. The van der Waals surface area contributed by atoms with Gasteiger partial charge in [0.05, 0.1) is 6.61 Å². The third kappa shape index (κ3) is 3.98. The third-order valence-corrected chi connectivity index (χ3v) is 2.64. The molecule has 0 aliphatic carbocycles. The average Bonchev–Trinajstić information content (AvgIpc) is 2.35. The summed E-state index contributed by atoms with van der Waals surface area (Å²) in [4.78, 5) is 0. The van der Waals surface area contributed by atoms with Gasteiger partial charge in [0.25, 0.3) is 0 Å². The third-order valence-electron chi connectivity index (χ3n) is 2.64. The molecule has 0 amide bonds. The van der Waals surface area contributed by atoms with Gasteiger partial charge in [0.1, 0.15) is 0 Å². The molecule has 1 aromatic carbocycles. The molecule has 4 heteroatoms. The largest absolute Gasteiger partial charge is 0.490 e. The molecule has 0 aromatic heterocycles. The molecule has 3 nitrogen and oxygen atoms in total. The van der Waals surface area contributed by atoms with Gasteiger partial charge in [-0.15, -0.1) is 0 Å². The summed E-state index contributed by atoms with van der Waals surface area (Å²) in [6.07, 6.45) is 0.748. The average molecular weight is 241 g/mol. The lowest BCUT2D eigenvalue weighted by atomic mass is 10.1. The fourth-order valence-electron chi connectivity index (χ4n) is 1.55. The van der Waals surface area contributed by atoms with E-state index in [0.717, 1.165) is 12.0 Å². The zero-order valence-electron chi connectivity index (χ0n) is 10.6. The van der Waals surface area contributed by atoms with Crippen molar-refractivity contribution in [1.29, 1.82) is 0 Å². The van der Waals surface area contributed by atoms with Gasteiger partial charge in [0.15, 0.2) is 11.6 Å². The molecule has 0 aliphatic heterocycles. The molecule has 0 bridgehead atoms. The molecule has 1 unspecified atom stereocenters. The van der Waals surface area contributed by atoms with E-state index in [2.05, 4.69) is 5.32 Å². The summed E-state index contributed by atoms with van der Waals surface area (Å²) in [5, 5.41) is 3.08. The minimum atomic E-state index is -0.318. The number of benzene rings is 1. The summed E-state index contributed by atoms with van der Waals surface area (Å²) in [6, 6.07) is 5.04. The van der Waals surface area contributed by atoms with Crippen LogP contribution in [0.2, 0.25) is 0 Å². The predicted octanol–water partition coefficient (Wildman–Crippen LogP) is 2.52. The minimum Gasteiger partial charge on any atom is -0.490 e. The van der Waals surface area contributed by atoms with E-state index in [1.807, 2.05) is 20.0 Å². The highest BCUT2D eigenvalue weighted by atomic mass is 19.1. The van der Waals surface area contributed by atoms with Crippen molar-refractivity contribution in [2.24, 2.45) is 0 Å². The molecule has 17 heavy (non-hydrogen) atoms. The quantitative estimate of drug-likeness (QED) is 0.744. The van der Waals surface area contributed by atoms with Gasteiger partial charge in [-0.05, 0) is 20.0 Å². The monoisotopic (exact) mass is 241 g/mol. The molecule has 0 fully saturated rings. The lowest BCUT2D eigenvalue weighted by molar-refractivity contribution is 0.170. The number of methoxy groups -OCH3 is 1. The van der Waals surface area contributed by atoms with Crippen LogP contribution < -0.4 is 10.1 Å². The Balaban J connectivity index is 2.73. The first kappa shape index (κ1) is 13.9. The van der Waals surface area contributed by atoms with Gasteiger partial charge in [-0.2, -0.15) is 0 Å². The zero-order valence-corrected chi connectivity index (χ0v) is 10.6. The van der Waals surface area contributed by atoms with Crippen molar-refractivity contribution in [1.82, 2.24) is 5.32 Å². The molecular weight excluding hydrogens is 221 g/mol. The predicted molar refractivity (Wildman–Crippen MR) is 65.9 cm³/mol. The smallest absolute Gasteiger partial charge is 0.165 e. The number of hydrogen-bond donors (Lipinski definition) is 1. The minimum absolute atomic E-state index is 0.0584. The molecule has 1 aromatic rings. The summed E-state index contributed by atoms with van der Waals surface area (Å²) in [6.45, 7) is 3.04. The first-order valence-electron chi connectivity index (χ1n) is 5.78. The Morgan fingerprint density at radius 2 is 2.12 bits per heavy atom. The van der Waals surface area contributed by atoms with Gasteiger partial charge in [-0.3, -0.25) is 0 Å². The Morgan fingerprint density at radius 3 is 2.76 bits per heavy atom. The molecule has 0 aliphatic rings. The van der Waals surface area contributed by atoms with E-state index in [-0.39, 0.29) is 11.9 Å². The maximum Gasteiger partial charge on any atom is 0.165 e. The zero-order chi connectivity index (χ0) is 12.7. The SMILES string of the molecule is CNC(C)c1cccc(F)c1OCCCOC.